The number of nitrogens with zero attached hydrogens (tertiary/aromatic N) is 4. The second-order valence-corrected chi connectivity index (χ2v) is 8.61. The average molecular weight is 451 g/mol. The first kappa shape index (κ1) is 21.2. The Morgan fingerprint density at radius 2 is 1.85 bits per heavy atom. The third kappa shape index (κ3) is 4.62. The number of rotatable bonds is 5. The first-order chi connectivity index (χ1) is 16.0. The van der Waals surface area contributed by atoms with Gasteiger partial charge in [0.2, 0.25) is 0 Å². The predicted molar refractivity (Wildman–Crippen MR) is 119 cm³/mol. The van der Waals surface area contributed by atoms with Gasteiger partial charge in [-0.25, -0.2) is 18.6 Å². The van der Waals surface area contributed by atoms with Crippen LogP contribution >= 0.6 is 0 Å². The van der Waals surface area contributed by atoms with Gasteiger partial charge in [0.05, 0.1) is 12.2 Å². The molecule has 5 rings (SSSR count). The molecule has 1 saturated heterocycles. The van der Waals surface area contributed by atoms with Gasteiger partial charge in [-0.15, -0.1) is 10.2 Å². The minimum absolute atomic E-state index is 0.334. The Kier molecular flexibility index (Phi) is 5.62. The number of anilines is 2. The number of aromatic nitrogens is 3. The second-order valence-electron chi connectivity index (χ2n) is 8.61. The molecule has 0 atom stereocenters. The van der Waals surface area contributed by atoms with E-state index in [1.807, 2.05) is 18.2 Å². The van der Waals surface area contributed by atoms with Crippen molar-refractivity contribution in [3.8, 4) is 11.3 Å². The lowest BCUT2D eigenvalue weighted by Crippen LogP contribution is -2.39. The van der Waals surface area contributed by atoms with Crippen LogP contribution in [-0.2, 0) is 4.74 Å². The Hall–Kier alpha value is -3.62. The van der Waals surface area contributed by atoms with E-state index in [-0.39, 0.29) is 6.09 Å². The molecule has 3 aromatic rings. The fraction of sp³-hybridized carbons (Fsp3) is 0.333. The summed E-state index contributed by atoms with van der Waals surface area (Å²) in [4.78, 5) is 18.3. The van der Waals surface area contributed by atoms with E-state index in [4.69, 9.17) is 4.74 Å². The summed E-state index contributed by atoms with van der Waals surface area (Å²) in [5.41, 5.74) is 0.293. The summed E-state index contributed by atoms with van der Waals surface area (Å²) in [6.45, 7) is 1.24. The minimum Gasteiger partial charge on any atom is -0.441 e. The topological polar surface area (TPSA) is 80.2 Å². The predicted octanol–water partition coefficient (Wildman–Crippen LogP) is 4.81. The fourth-order valence-electron chi connectivity index (χ4n) is 4.51. The van der Waals surface area contributed by atoms with Crippen molar-refractivity contribution in [3.63, 3.8) is 0 Å². The maximum Gasteiger partial charge on any atom is 0.416 e. The van der Waals surface area contributed by atoms with Crippen LogP contribution in [0.4, 0.5) is 25.2 Å². The van der Waals surface area contributed by atoms with Crippen LogP contribution < -0.4 is 10.2 Å². The van der Waals surface area contributed by atoms with Crippen LogP contribution in [0.1, 0.15) is 25.7 Å². The van der Waals surface area contributed by atoms with Gasteiger partial charge in [-0.3, -0.25) is 4.90 Å². The van der Waals surface area contributed by atoms with Crippen molar-refractivity contribution in [2.45, 2.75) is 31.3 Å². The molecular formula is C24H23F2N5O2. The Bertz CT molecular complexity index is 1120. The molecule has 1 aliphatic heterocycles. The number of hydrogen-bond acceptors (Lipinski definition) is 6. The van der Waals surface area contributed by atoms with E-state index in [9.17, 15) is 13.6 Å². The van der Waals surface area contributed by atoms with Crippen molar-refractivity contribution in [1.82, 2.24) is 15.2 Å². The van der Waals surface area contributed by atoms with Gasteiger partial charge in [-0.2, -0.15) is 0 Å². The number of hydrogen-bond donors (Lipinski definition) is 1. The van der Waals surface area contributed by atoms with E-state index in [0.717, 1.165) is 38.3 Å². The molecule has 2 fully saturated rings. The SMILES string of the molecule is O=C1OC2(CCC(CNc3ccc(-c4cc(F)cc(F)c4)nn3)CC2)CN1c1ccccn1. The van der Waals surface area contributed by atoms with Crippen LogP contribution in [0.15, 0.2) is 54.7 Å². The molecule has 0 unspecified atom stereocenters. The molecular weight excluding hydrogens is 428 g/mol. The highest BCUT2D eigenvalue weighted by molar-refractivity contribution is 5.89. The van der Waals surface area contributed by atoms with Gasteiger partial charge >= 0.3 is 6.09 Å². The average Bonchev–Trinajstić information content (AvgIpc) is 3.14. The van der Waals surface area contributed by atoms with Gasteiger partial charge in [0, 0.05) is 24.4 Å². The van der Waals surface area contributed by atoms with Crippen molar-refractivity contribution in [1.29, 1.82) is 0 Å². The number of ether oxygens (including phenoxy) is 1. The van der Waals surface area contributed by atoms with E-state index >= 15 is 0 Å². The number of benzene rings is 1. The van der Waals surface area contributed by atoms with Gasteiger partial charge in [-0.1, -0.05) is 6.07 Å². The van der Waals surface area contributed by atoms with Crippen LogP contribution in [0.2, 0.25) is 0 Å². The van der Waals surface area contributed by atoms with E-state index in [1.165, 1.54) is 12.1 Å². The fourth-order valence-corrected chi connectivity index (χ4v) is 4.51. The third-order valence-corrected chi connectivity index (χ3v) is 6.31. The van der Waals surface area contributed by atoms with Gasteiger partial charge in [-0.05, 0) is 68.0 Å². The summed E-state index contributed by atoms with van der Waals surface area (Å²) in [7, 11) is 0. The minimum atomic E-state index is -0.653. The molecule has 1 amide bonds. The number of amides is 1. The van der Waals surface area contributed by atoms with Crippen molar-refractivity contribution in [3.05, 3.63) is 66.4 Å². The monoisotopic (exact) mass is 451 g/mol. The van der Waals surface area contributed by atoms with Gasteiger partial charge in [0.25, 0.3) is 0 Å². The largest absolute Gasteiger partial charge is 0.441 e. The summed E-state index contributed by atoms with van der Waals surface area (Å²) < 4.78 is 32.6. The molecule has 1 spiro atoms. The molecule has 0 radical (unpaired) electrons. The molecule has 7 nitrogen and oxygen atoms in total. The quantitative estimate of drug-likeness (QED) is 0.600. The summed E-state index contributed by atoms with van der Waals surface area (Å²) in [5.74, 6) is 0.327. The van der Waals surface area contributed by atoms with E-state index in [1.54, 1.807) is 23.2 Å². The van der Waals surface area contributed by atoms with Crippen LogP contribution in [0.5, 0.6) is 0 Å². The molecule has 2 aromatic heterocycles. The number of carbonyl (C=O) groups excluding carboxylic acids is 1. The zero-order valence-electron chi connectivity index (χ0n) is 17.9. The van der Waals surface area contributed by atoms with Gasteiger partial charge in [0.1, 0.15) is 28.9 Å². The molecule has 1 saturated carbocycles. The van der Waals surface area contributed by atoms with Crippen LogP contribution in [0.25, 0.3) is 11.3 Å². The lowest BCUT2D eigenvalue weighted by Gasteiger charge is -2.35. The van der Waals surface area contributed by atoms with Crippen LogP contribution in [0, 0.1) is 17.6 Å². The summed E-state index contributed by atoms with van der Waals surface area (Å²) in [5, 5.41) is 11.5. The van der Waals surface area contributed by atoms with E-state index in [2.05, 4.69) is 20.5 Å². The molecule has 33 heavy (non-hydrogen) atoms. The third-order valence-electron chi connectivity index (χ3n) is 6.31. The standard InChI is InChI=1S/C24H23F2N5O2/c25-18-11-17(12-19(26)13-18)20-4-5-21(30-29-20)28-14-16-6-8-24(9-7-16)15-31(23(32)33-24)22-3-1-2-10-27-22/h1-5,10-13,16H,6-9,14-15H2,(H,28,30). The molecule has 1 aromatic carbocycles. The molecule has 1 aliphatic carbocycles. The van der Waals surface area contributed by atoms with E-state index < -0.39 is 17.2 Å². The summed E-state index contributed by atoms with van der Waals surface area (Å²) >= 11 is 0. The molecule has 3 heterocycles. The number of halogens is 2. The zero-order chi connectivity index (χ0) is 22.8. The Balaban J connectivity index is 1.14. The Labute approximate surface area is 189 Å². The maximum absolute atomic E-state index is 13.4. The number of nitrogens with one attached hydrogen (secondary N) is 1. The van der Waals surface area contributed by atoms with E-state index in [0.29, 0.717) is 35.4 Å². The van der Waals surface area contributed by atoms with Crippen LogP contribution in [0.3, 0.4) is 0 Å². The lowest BCUT2D eigenvalue weighted by molar-refractivity contribution is 0.0148. The normalized spacial score (nSPS) is 22.4. The van der Waals surface area contributed by atoms with Crippen molar-refractivity contribution >= 4 is 17.7 Å². The van der Waals surface area contributed by atoms with Crippen molar-refractivity contribution in [2.75, 3.05) is 23.3 Å². The van der Waals surface area contributed by atoms with Gasteiger partial charge in [0.15, 0.2) is 0 Å². The first-order valence-electron chi connectivity index (χ1n) is 11.0. The second kappa shape index (κ2) is 8.73. The summed E-state index contributed by atoms with van der Waals surface area (Å²) in [6, 6.07) is 12.2. The summed E-state index contributed by atoms with van der Waals surface area (Å²) in [6.07, 6.45) is 4.77. The molecule has 1 N–H and O–H groups in total. The van der Waals surface area contributed by atoms with Crippen molar-refractivity contribution in [2.24, 2.45) is 5.92 Å². The molecule has 9 heteroatoms. The number of pyridine rings is 1. The van der Waals surface area contributed by atoms with Gasteiger partial charge < -0.3 is 10.1 Å². The first-order valence-corrected chi connectivity index (χ1v) is 11.0. The highest BCUT2D eigenvalue weighted by Crippen LogP contribution is 2.40. The maximum atomic E-state index is 13.4. The highest BCUT2D eigenvalue weighted by Gasteiger charge is 2.47. The lowest BCUT2D eigenvalue weighted by atomic mass is 9.78. The van der Waals surface area contributed by atoms with Crippen molar-refractivity contribution < 1.29 is 18.3 Å². The molecule has 2 aliphatic rings. The zero-order valence-corrected chi connectivity index (χ0v) is 17.9. The molecule has 170 valence electrons. The Morgan fingerprint density at radius 1 is 1.06 bits per heavy atom. The smallest absolute Gasteiger partial charge is 0.416 e. The van der Waals surface area contributed by atoms with Crippen LogP contribution in [-0.4, -0.2) is 40.0 Å². The Morgan fingerprint density at radius 3 is 2.52 bits per heavy atom. The number of carbonyl (C=O) groups is 1. The molecule has 0 bridgehead atoms. The highest BCUT2D eigenvalue weighted by atomic mass is 19.1.